The van der Waals surface area contributed by atoms with Crippen molar-refractivity contribution in [2.24, 2.45) is 11.8 Å². The van der Waals surface area contributed by atoms with E-state index in [1.54, 1.807) is 12.0 Å². The van der Waals surface area contributed by atoms with E-state index in [1.807, 2.05) is 20.8 Å². The maximum atomic E-state index is 12.6. The third-order valence-electron chi connectivity index (χ3n) is 5.26. The molecular formula is C20H35NO6. The van der Waals surface area contributed by atoms with Crippen LogP contribution in [0, 0.1) is 11.8 Å². The molecule has 1 heterocycles. The zero-order chi connectivity index (χ0) is 20.0. The van der Waals surface area contributed by atoms with Crippen molar-refractivity contribution < 1.29 is 28.5 Å². The minimum atomic E-state index is -0.520. The molecule has 7 nitrogen and oxygen atoms in total. The Labute approximate surface area is 162 Å². The molecule has 2 fully saturated rings. The van der Waals surface area contributed by atoms with Crippen LogP contribution in [0.15, 0.2) is 0 Å². The largest absolute Gasteiger partial charge is 0.469 e. The molecule has 2 atom stereocenters. The van der Waals surface area contributed by atoms with Gasteiger partial charge in [-0.05, 0) is 52.9 Å². The first kappa shape index (κ1) is 22.0. The third kappa shape index (κ3) is 6.64. The fourth-order valence-corrected chi connectivity index (χ4v) is 3.95. The number of rotatable bonds is 6. The van der Waals surface area contributed by atoms with E-state index in [1.165, 1.54) is 7.11 Å². The van der Waals surface area contributed by atoms with Gasteiger partial charge in [-0.3, -0.25) is 4.79 Å². The van der Waals surface area contributed by atoms with Crippen LogP contribution in [-0.2, 0) is 23.7 Å². The second kappa shape index (κ2) is 9.73. The predicted molar refractivity (Wildman–Crippen MR) is 100 cm³/mol. The lowest BCUT2D eigenvalue weighted by molar-refractivity contribution is -0.147. The van der Waals surface area contributed by atoms with Gasteiger partial charge in [0.1, 0.15) is 5.60 Å². The van der Waals surface area contributed by atoms with Crippen molar-refractivity contribution in [3.63, 3.8) is 0 Å². The van der Waals surface area contributed by atoms with Gasteiger partial charge < -0.3 is 23.8 Å². The van der Waals surface area contributed by atoms with E-state index in [-0.39, 0.29) is 30.1 Å². The van der Waals surface area contributed by atoms with Gasteiger partial charge in [-0.25, -0.2) is 4.79 Å². The summed E-state index contributed by atoms with van der Waals surface area (Å²) in [5.74, 6) is 0.166. The van der Waals surface area contributed by atoms with Gasteiger partial charge in [0.2, 0.25) is 0 Å². The molecule has 0 aromatic carbocycles. The van der Waals surface area contributed by atoms with Crippen LogP contribution in [0.4, 0.5) is 4.79 Å². The van der Waals surface area contributed by atoms with E-state index in [4.69, 9.17) is 18.9 Å². The van der Waals surface area contributed by atoms with Crippen molar-refractivity contribution in [2.75, 3.05) is 34.0 Å². The van der Waals surface area contributed by atoms with Gasteiger partial charge >= 0.3 is 12.1 Å². The summed E-state index contributed by atoms with van der Waals surface area (Å²) in [5, 5.41) is 0. The van der Waals surface area contributed by atoms with Crippen LogP contribution in [0.5, 0.6) is 0 Å². The number of carbonyl (C=O) groups is 2. The molecular weight excluding hydrogens is 350 g/mol. The van der Waals surface area contributed by atoms with E-state index in [0.29, 0.717) is 25.7 Å². The molecule has 1 aliphatic carbocycles. The Morgan fingerprint density at radius 3 is 2.26 bits per heavy atom. The van der Waals surface area contributed by atoms with E-state index in [0.717, 1.165) is 32.1 Å². The van der Waals surface area contributed by atoms with Crippen molar-refractivity contribution >= 4 is 12.1 Å². The van der Waals surface area contributed by atoms with Gasteiger partial charge in [0.15, 0.2) is 0 Å². The standard InChI is InChI=1S/C20H35NO6/c1-20(2,3)27-19(23)21-11-14(12-24-4)10-16(21)13-26-17-8-6-15(7-9-17)18(22)25-5/h14-17H,6-13H2,1-5H3/t14-,15?,16-,17?/m0/s1. The van der Waals surface area contributed by atoms with Gasteiger partial charge in [-0.15, -0.1) is 0 Å². The topological polar surface area (TPSA) is 74.3 Å². The quantitative estimate of drug-likeness (QED) is 0.655. The summed E-state index contributed by atoms with van der Waals surface area (Å²) in [6.45, 7) is 7.37. The summed E-state index contributed by atoms with van der Waals surface area (Å²) in [6, 6.07) is -0.00155. The summed E-state index contributed by atoms with van der Waals surface area (Å²) in [5.41, 5.74) is -0.520. The van der Waals surface area contributed by atoms with Crippen molar-refractivity contribution in [1.82, 2.24) is 4.90 Å². The SMILES string of the molecule is COC[C@H]1C[C@@H](COC2CCC(C(=O)OC)CC2)N(C(=O)OC(C)(C)C)C1. The number of esters is 1. The molecule has 7 heteroatoms. The molecule has 0 N–H and O–H groups in total. The highest BCUT2D eigenvalue weighted by Crippen LogP contribution is 2.30. The van der Waals surface area contributed by atoms with Gasteiger partial charge in [-0.1, -0.05) is 0 Å². The zero-order valence-electron chi connectivity index (χ0n) is 17.4. The normalized spacial score (nSPS) is 28.9. The minimum Gasteiger partial charge on any atom is -0.469 e. The second-order valence-corrected chi connectivity index (χ2v) is 8.67. The molecule has 0 aromatic heterocycles. The average Bonchev–Trinajstić information content (AvgIpc) is 3.02. The molecule has 0 bridgehead atoms. The highest BCUT2D eigenvalue weighted by atomic mass is 16.6. The average molecular weight is 386 g/mol. The smallest absolute Gasteiger partial charge is 0.410 e. The second-order valence-electron chi connectivity index (χ2n) is 8.67. The van der Waals surface area contributed by atoms with E-state index >= 15 is 0 Å². The molecule has 2 aliphatic rings. The predicted octanol–water partition coefficient (Wildman–Crippen LogP) is 3.01. The number of ether oxygens (including phenoxy) is 4. The van der Waals surface area contributed by atoms with Crippen LogP contribution >= 0.6 is 0 Å². The molecule has 1 saturated heterocycles. The Morgan fingerprint density at radius 2 is 1.70 bits per heavy atom. The molecule has 0 aromatic rings. The van der Waals surface area contributed by atoms with Crippen molar-refractivity contribution in [3.05, 3.63) is 0 Å². The zero-order valence-corrected chi connectivity index (χ0v) is 17.4. The Hall–Kier alpha value is -1.34. The molecule has 0 radical (unpaired) electrons. The minimum absolute atomic E-state index is 0.00155. The fraction of sp³-hybridized carbons (Fsp3) is 0.900. The maximum Gasteiger partial charge on any atom is 0.410 e. The molecule has 0 unspecified atom stereocenters. The first-order valence-corrected chi connectivity index (χ1v) is 9.91. The van der Waals surface area contributed by atoms with Crippen LogP contribution in [0.1, 0.15) is 52.9 Å². The van der Waals surface area contributed by atoms with Gasteiger partial charge in [-0.2, -0.15) is 0 Å². The molecule has 1 amide bonds. The van der Waals surface area contributed by atoms with Gasteiger partial charge in [0.05, 0.1) is 38.4 Å². The molecule has 2 rings (SSSR count). The molecule has 0 spiro atoms. The Bertz CT molecular complexity index is 495. The lowest BCUT2D eigenvalue weighted by atomic mass is 9.87. The number of nitrogens with zero attached hydrogens (tertiary/aromatic N) is 1. The van der Waals surface area contributed by atoms with Crippen LogP contribution in [-0.4, -0.2) is 68.7 Å². The molecule has 1 aliphatic heterocycles. The summed E-state index contributed by atoms with van der Waals surface area (Å²) >= 11 is 0. The molecule has 1 saturated carbocycles. The van der Waals surface area contributed by atoms with Gasteiger partial charge in [0.25, 0.3) is 0 Å². The first-order chi connectivity index (χ1) is 12.7. The lowest BCUT2D eigenvalue weighted by Crippen LogP contribution is -2.42. The number of amides is 1. The van der Waals surface area contributed by atoms with Crippen molar-refractivity contribution in [3.8, 4) is 0 Å². The van der Waals surface area contributed by atoms with E-state index < -0.39 is 5.60 Å². The number of likely N-dealkylation sites (tertiary alicyclic amines) is 1. The Kier molecular flexibility index (Phi) is 7.91. The molecule has 156 valence electrons. The number of hydrogen-bond donors (Lipinski definition) is 0. The highest BCUT2D eigenvalue weighted by molar-refractivity contribution is 5.72. The number of carbonyl (C=O) groups excluding carboxylic acids is 2. The maximum absolute atomic E-state index is 12.6. The van der Waals surface area contributed by atoms with Crippen molar-refractivity contribution in [1.29, 1.82) is 0 Å². The van der Waals surface area contributed by atoms with Crippen LogP contribution in [0.2, 0.25) is 0 Å². The third-order valence-corrected chi connectivity index (χ3v) is 5.26. The van der Waals surface area contributed by atoms with E-state index in [9.17, 15) is 9.59 Å². The Balaban J connectivity index is 1.86. The number of methoxy groups -OCH3 is 2. The molecule has 27 heavy (non-hydrogen) atoms. The summed E-state index contributed by atoms with van der Waals surface area (Å²) in [7, 11) is 3.12. The highest BCUT2D eigenvalue weighted by Gasteiger charge is 2.38. The van der Waals surface area contributed by atoms with Crippen LogP contribution in [0.25, 0.3) is 0 Å². The van der Waals surface area contributed by atoms with Crippen LogP contribution < -0.4 is 0 Å². The van der Waals surface area contributed by atoms with Gasteiger partial charge in [0, 0.05) is 19.6 Å². The monoisotopic (exact) mass is 385 g/mol. The van der Waals surface area contributed by atoms with Crippen molar-refractivity contribution in [2.45, 2.75) is 70.6 Å². The summed E-state index contributed by atoms with van der Waals surface area (Å²) < 4.78 is 21.8. The number of hydrogen-bond acceptors (Lipinski definition) is 6. The lowest BCUT2D eigenvalue weighted by Gasteiger charge is -2.31. The van der Waals surface area contributed by atoms with Crippen LogP contribution in [0.3, 0.4) is 0 Å². The first-order valence-electron chi connectivity index (χ1n) is 9.91. The summed E-state index contributed by atoms with van der Waals surface area (Å²) in [4.78, 5) is 26.0. The van der Waals surface area contributed by atoms with E-state index in [2.05, 4.69) is 0 Å². The Morgan fingerprint density at radius 1 is 1.04 bits per heavy atom. The fourth-order valence-electron chi connectivity index (χ4n) is 3.95. The summed E-state index contributed by atoms with van der Waals surface area (Å²) in [6.07, 6.45) is 3.98.